The normalized spacial score (nSPS) is 21.1. The number of nitrogens with zero attached hydrogens (tertiary/aromatic N) is 2. The number of benzene rings is 1. The average molecular weight is 456 g/mol. The molecule has 2 aromatic rings. The highest BCUT2D eigenvalue weighted by Crippen LogP contribution is 2.37. The molecule has 3 rings (SSSR count). The minimum Gasteiger partial charge on any atom is -0.480 e. The molecule has 0 saturated carbocycles. The Bertz CT molecular complexity index is 756. The minimum absolute atomic E-state index is 0.0284. The molecule has 0 bridgehead atoms. The lowest BCUT2D eigenvalue weighted by molar-refractivity contribution is -0.139. The zero-order chi connectivity index (χ0) is 17.3. The van der Waals surface area contributed by atoms with E-state index < -0.39 is 0 Å². The first-order chi connectivity index (χ1) is 11.5. The first-order valence-corrected chi connectivity index (χ1v) is 9.74. The van der Waals surface area contributed by atoms with E-state index in [1.54, 1.807) is 6.20 Å². The van der Waals surface area contributed by atoms with E-state index in [0.29, 0.717) is 5.75 Å². The summed E-state index contributed by atoms with van der Waals surface area (Å²) < 4.78 is 7.62. The molecule has 6 heteroatoms. The van der Waals surface area contributed by atoms with Crippen molar-refractivity contribution < 1.29 is 9.53 Å². The third kappa shape index (κ3) is 3.45. The largest absolute Gasteiger partial charge is 0.480 e. The van der Waals surface area contributed by atoms with Gasteiger partial charge in [0, 0.05) is 28.1 Å². The quantitative estimate of drug-likeness (QED) is 0.658. The van der Waals surface area contributed by atoms with Crippen molar-refractivity contribution in [2.75, 3.05) is 6.61 Å². The number of piperidine rings is 1. The third-order valence-electron chi connectivity index (χ3n) is 4.57. The maximum absolute atomic E-state index is 12.7. The molecule has 1 amide bonds. The Morgan fingerprint density at radius 3 is 2.71 bits per heavy atom. The van der Waals surface area contributed by atoms with Crippen molar-refractivity contribution in [3.63, 3.8) is 0 Å². The molecule has 128 valence electrons. The standard InChI is InChI=1S/C18H20Br2N2O2/c1-11-5-3-6-12(2)22(11)16(23)10-24-18-15(20)9-14(19)13-7-4-8-21-17(13)18/h4,7-9,11-12H,3,5-6,10H2,1-2H3. The molecule has 1 aromatic heterocycles. The molecule has 2 atom stereocenters. The fourth-order valence-electron chi connectivity index (χ4n) is 3.41. The summed E-state index contributed by atoms with van der Waals surface area (Å²) in [6.07, 6.45) is 5.02. The van der Waals surface area contributed by atoms with Gasteiger partial charge in [-0.1, -0.05) is 22.0 Å². The number of hydrogen-bond donors (Lipinski definition) is 0. The fraction of sp³-hybridized carbons (Fsp3) is 0.444. The predicted molar refractivity (Wildman–Crippen MR) is 102 cm³/mol. The second kappa shape index (κ2) is 7.40. The molecule has 24 heavy (non-hydrogen) atoms. The van der Waals surface area contributed by atoms with Gasteiger partial charge in [0.1, 0.15) is 5.52 Å². The Labute approximate surface area is 158 Å². The highest BCUT2D eigenvalue weighted by Gasteiger charge is 2.29. The first kappa shape index (κ1) is 17.7. The SMILES string of the molecule is CC1CCCC(C)N1C(=O)COc1c(Br)cc(Br)c2cccnc12. The fourth-order valence-corrected chi connectivity index (χ4v) is 4.79. The summed E-state index contributed by atoms with van der Waals surface area (Å²) in [4.78, 5) is 19.0. The monoisotopic (exact) mass is 454 g/mol. The van der Waals surface area contributed by atoms with Crippen LogP contribution in [-0.2, 0) is 4.79 Å². The Kier molecular flexibility index (Phi) is 5.45. The van der Waals surface area contributed by atoms with Crippen molar-refractivity contribution in [1.82, 2.24) is 9.88 Å². The number of halogens is 2. The number of hydrogen-bond acceptors (Lipinski definition) is 3. The number of carbonyl (C=O) groups excluding carboxylic acids is 1. The molecule has 1 aliphatic heterocycles. The summed E-state index contributed by atoms with van der Waals surface area (Å²) in [5.41, 5.74) is 0.742. The van der Waals surface area contributed by atoms with E-state index in [1.165, 1.54) is 6.42 Å². The number of carbonyl (C=O) groups is 1. The molecule has 1 aromatic carbocycles. The molecular formula is C18H20Br2N2O2. The second-order valence-electron chi connectivity index (χ2n) is 6.29. The van der Waals surface area contributed by atoms with E-state index in [0.717, 1.165) is 32.7 Å². The molecule has 1 saturated heterocycles. The van der Waals surface area contributed by atoms with Gasteiger partial charge in [0.15, 0.2) is 12.4 Å². The number of rotatable bonds is 3. The summed E-state index contributed by atoms with van der Waals surface area (Å²) in [7, 11) is 0. The Balaban J connectivity index is 1.82. The second-order valence-corrected chi connectivity index (χ2v) is 8.00. The van der Waals surface area contributed by atoms with Gasteiger partial charge in [0.2, 0.25) is 0 Å². The summed E-state index contributed by atoms with van der Waals surface area (Å²) in [5, 5.41) is 0.961. The van der Waals surface area contributed by atoms with Gasteiger partial charge >= 0.3 is 0 Å². The molecule has 0 aliphatic carbocycles. The number of likely N-dealkylation sites (tertiary alicyclic amines) is 1. The highest BCUT2D eigenvalue weighted by molar-refractivity contribution is 9.11. The topological polar surface area (TPSA) is 42.4 Å². The van der Waals surface area contributed by atoms with Gasteiger partial charge in [-0.05, 0) is 61.2 Å². The van der Waals surface area contributed by atoms with Crippen LogP contribution in [0.3, 0.4) is 0 Å². The molecule has 2 unspecified atom stereocenters. The minimum atomic E-state index is 0.0284. The van der Waals surface area contributed by atoms with Crippen molar-refractivity contribution >= 4 is 48.7 Å². The van der Waals surface area contributed by atoms with Crippen LogP contribution in [0.1, 0.15) is 33.1 Å². The molecule has 1 aliphatic rings. The number of amides is 1. The molecule has 0 spiro atoms. The van der Waals surface area contributed by atoms with Gasteiger partial charge in [0.25, 0.3) is 5.91 Å². The summed E-state index contributed by atoms with van der Waals surface area (Å²) in [6, 6.07) is 6.33. The van der Waals surface area contributed by atoms with Crippen molar-refractivity contribution in [1.29, 1.82) is 0 Å². The van der Waals surface area contributed by atoms with Gasteiger partial charge in [-0.3, -0.25) is 9.78 Å². The van der Waals surface area contributed by atoms with Gasteiger partial charge in [-0.25, -0.2) is 0 Å². The van der Waals surface area contributed by atoms with Crippen LogP contribution in [0.25, 0.3) is 10.9 Å². The molecule has 0 radical (unpaired) electrons. The zero-order valence-electron chi connectivity index (χ0n) is 13.8. The van der Waals surface area contributed by atoms with Gasteiger partial charge in [-0.2, -0.15) is 0 Å². The smallest absolute Gasteiger partial charge is 0.260 e. The van der Waals surface area contributed by atoms with E-state index in [1.807, 2.05) is 23.1 Å². The van der Waals surface area contributed by atoms with E-state index in [9.17, 15) is 4.79 Å². The summed E-state index contributed by atoms with van der Waals surface area (Å²) >= 11 is 7.06. The van der Waals surface area contributed by atoms with Crippen LogP contribution < -0.4 is 4.74 Å². The highest BCUT2D eigenvalue weighted by atomic mass is 79.9. The van der Waals surface area contributed by atoms with E-state index >= 15 is 0 Å². The number of aromatic nitrogens is 1. The summed E-state index contributed by atoms with van der Waals surface area (Å²) in [5.74, 6) is 0.646. The number of fused-ring (bicyclic) bond motifs is 1. The molecule has 2 heterocycles. The lowest BCUT2D eigenvalue weighted by Gasteiger charge is -2.39. The third-order valence-corrected chi connectivity index (χ3v) is 5.82. The first-order valence-electron chi connectivity index (χ1n) is 8.15. The number of ether oxygens (including phenoxy) is 1. The Hall–Kier alpha value is -1.14. The van der Waals surface area contributed by atoms with Crippen LogP contribution in [0, 0.1) is 0 Å². The van der Waals surface area contributed by atoms with Crippen LogP contribution in [-0.4, -0.2) is 34.5 Å². The average Bonchev–Trinajstić information content (AvgIpc) is 2.54. The summed E-state index contributed by atoms with van der Waals surface area (Å²) in [6.45, 7) is 4.25. The van der Waals surface area contributed by atoms with Crippen molar-refractivity contribution in [2.24, 2.45) is 0 Å². The van der Waals surface area contributed by atoms with Crippen LogP contribution in [0.5, 0.6) is 5.75 Å². The maximum atomic E-state index is 12.7. The van der Waals surface area contributed by atoms with Gasteiger partial charge in [0.05, 0.1) is 4.47 Å². The van der Waals surface area contributed by atoms with Crippen LogP contribution in [0.4, 0.5) is 0 Å². The van der Waals surface area contributed by atoms with E-state index in [4.69, 9.17) is 4.74 Å². The predicted octanol–water partition coefficient (Wildman–Crippen LogP) is 4.93. The van der Waals surface area contributed by atoms with Crippen LogP contribution in [0.15, 0.2) is 33.3 Å². The molecular weight excluding hydrogens is 436 g/mol. The van der Waals surface area contributed by atoms with Crippen molar-refractivity contribution in [3.8, 4) is 5.75 Å². The van der Waals surface area contributed by atoms with E-state index in [2.05, 4.69) is 50.7 Å². The van der Waals surface area contributed by atoms with Crippen LogP contribution in [0.2, 0.25) is 0 Å². The molecule has 0 N–H and O–H groups in total. The number of pyridine rings is 1. The molecule has 4 nitrogen and oxygen atoms in total. The maximum Gasteiger partial charge on any atom is 0.260 e. The van der Waals surface area contributed by atoms with E-state index in [-0.39, 0.29) is 24.6 Å². The van der Waals surface area contributed by atoms with Crippen molar-refractivity contribution in [3.05, 3.63) is 33.3 Å². The zero-order valence-corrected chi connectivity index (χ0v) is 16.9. The lowest BCUT2D eigenvalue weighted by Crippen LogP contribution is -2.49. The lowest BCUT2D eigenvalue weighted by atomic mass is 9.97. The van der Waals surface area contributed by atoms with Gasteiger partial charge < -0.3 is 9.64 Å². The Morgan fingerprint density at radius 1 is 1.29 bits per heavy atom. The van der Waals surface area contributed by atoms with Gasteiger partial charge in [-0.15, -0.1) is 0 Å². The molecule has 1 fully saturated rings. The van der Waals surface area contributed by atoms with Crippen molar-refractivity contribution in [2.45, 2.75) is 45.2 Å². The Morgan fingerprint density at radius 2 is 2.00 bits per heavy atom. The van der Waals surface area contributed by atoms with Crippen LogP contribution >= 0.6 is 31.9 Å².